The largest absolute Gasteiger partial charge is 0.442 e. The molecule has 0 saturated carbocycles. The monoisotopic (exact) mass is 390 g/mol. The number of rotatable bonds is 5. The maximum atomic E-state index is 13.0. The van der Waals surface area contributed by atoms with E-state index >= 15 is 0 Å². The van der Waals surface area contributed by atoms with E-state index in [-0.39, 0.29) is 11.6 Å². The summed E-state index contributed by atoms with van der Waals surface area (Å²) in [5.41, 5.74) is 1.49. The Labute approximate surface area is 169 Å². The number of aromatic nitrogens is 1. The number of hydrogen-bond donors (Lipinski definition) is 0. The molecular formula is C23H22N2O4. The molecule has 0 spiro atoms. The van der Waals surface area contributed by atoms with E-state index in [0.717, 1.165) is 18.4 Å². The van der Waals surface area contributed by atoms with Crippen LogP contribution >= 0.6 is 0 Å². The van der Waals surface area contributed by atoms with Crippen molar-refractivity contribution < 1.29 is 18.7 Å². The van der Waals surface area contributed by atoms with Gasteiger partial charge in [-0.15, -0.1) is 0 Å². The van der Waals surface area contributed by atoms with Crippen molar-refractivity contribution >= 4 is 11.9 Å². The van der Waals surface area contributed by atoms with Gasteiger partial charge in [-0.25, -0.2) is 9.78 Å². The predicted octanol–water partition coefficient (Wildman–Crippen LogP) is 4.17. The van der Waals surface area contributed by atoms with Crippen molar-refractivity contribution in [2.75, 3.05) is 13.1 Å². The van der Waals surface area contributed by atoms with Gasteiger partial charge in [-0.3, -0.25) is 4.79 Å². The average molecular weight is 390 g/mol. The van der Waals surface area contributed by atoms with Gasteiger partial charge in [0.2, 0.25) is 12.0 Å². The Morgan fingerprint density at radius 1 is 1.00 bits per heavy atom. The Morgan fingerprint density at radius 3 is 2.28 bits per heavy atom. The molecule has 1 aromatic heterocycles. The molecule has 1 aliphatic heterocycles. The normalized spacial score (nSPS) is 14.6. The van der Waals surface area contributed by atoms with Gasteiger partial charge in [-0.1, -0.05) is 48.5 Å². The van der Waals surface area contributed by atoms with Crippen molar-refractivity contribution in [3.8, 4) is 11.5 Å². The minimum atomic E-state index is -1.00. The second-order valence-electron chi connectivity index (χ2n) is 7.02. The first-order valence-corrected chi connectivity index (χ1v) is 9.71. The molecule has 0 N–H and O–H groups in total. The summed E-state index contributed by atoms with van der Waals surface area (Å²) in [5, 5.41) is 0. The zero-order valence-electron chi connectivity index (χ0n) is 16.2. The van der Waals surface area contributed by atoms with Crippen LogP contribution in [-0.4, -0.2) is 34.8 Å². The van der Waals surface area contributed by atoms with Crippen LogP contribution in [0.3, 0.4) is 0 Å². The van der Waals surface area contributed by atoms with Crippen LogP contribution in [0.25, 0.3) is 11.5 Å². The lowest BCUT2D eigenvalue weighted by molar-refractivity contribution is -0.140. The number of ether oxygens (including phenoxy) is 1. The Kier molecular flexibility index (Phi) is 5.42. The van der Waals surface area contributed by atoms with Gasteiger partial charge in [0.05, 0.1) is 0 Å². The summed E-state index contributed by atoms with van der Waals surface area (Å²) in [6.07, 6.45) is 0.923. The third-order valence-electron chi connectivity index (χ3n) is 4.98. The second-order valence-corrected chi connectivity index (χ2v) is 7.02. The predicted molar refractivity (Wildman–Crippen MR) is 107 cm³/mol. The third kappa shape index (κ3) is 4.06. The summed E-state index contributed by atoms with van der Waals surface area (Å²) < 4.78 is 11.3. The first-order valence-electron chi connectivity index (χ1n) is 9.71. The molecule has 1 atom stereocenters. The van der Waals surface area contributed by atoms with Crippen LogP contribution in [0, 0.1) is 6.92 Å². The van der Waals surface area contributed by atoms with E-state index in [1.807, 2.05) is 48.5 Å². The number of carbonyl (C=O) groups excluding carboxylic acids is 2. The number of esters is 1. The second kappa shape index (κ2) is 8.31. The first-order chi connectivity index (χ1) is 14.1. The lowest BCUT2D eigenvalue weighted by Gasteiger charge is -2.23. The van der Waals surface area contributed by atoms with Crippen LogP contribution in [0.15, 0.2) is 65.1 Å². The highest BCUT2D eigenvalue weighted by molar-refractivity contribution is 5.92. The van der Waals surface area contributed by atoms with Crippen LogP contribution in [-0.2, 0) is 9.53 Å². The molecule has 148 valence electrons. The minimum Gasteiger partial charge on any atom is -0.442 e. The quantitative estimate of drug-likeness (QED) is 0.612. The molecule has 1 fully saturated rings. The summed E-state index contributed by atoms with van der Waals surface area (Å²) in [5.74, 6) is -0.173. The highest BCUT2D eigenvalue weighted by Crippen LogP contribution is 2.26. The van der Waals surface area contributed by atoms with Gasteiger partial charge < -0.3 is 14.1 Å². The molecule has 29 heavy (non-hydrogen) atoms. The van der Waals surface area contributed by atoms with Crippen LogP contribution in [0.2, 0.25) is 0 Å². The van der Waals surface area contributed by atoms with Crippen molar-refractivity contribution in [1.82, 2.24) is 9.88 Å². The number of carbonyl (C=O) groups is 2. The molecule has 0 unspecified atom stereocenters. The molecule has 0 radical (unpaired) electrons. The number of aryl methyl sites for hydroxylation is 1. The van der Waals surface area contributed by atoms with E-state index in [1.54, 1.807) is 24.0 Å². The molecule has 0 bridgehead atoms. The summed E-state index contributed by atoms with van der Waals surface area (Å²) in [7, 11) is 0. The molecule has 2 aromatic carbocycles. The van der Waals surface area contributed by atoms with Crippen molar-refractivity contribution in [2.45, 2.75) is 25.9 Å². The maximum absolute atomic E-state index is 13.0. The van der Waals surface area contributed by atoms with E-state index in [2.05, 4.69) is 4.98 Å². The van der Waals surface area contributed by atoms with Crippen molar-refractivity contribution in [2.24, 2.45) is 0 Å². The SMILES string of the molecule is Cc1oc(-c2ccccc2)nc1C(=O)O[C@H](C(=O)N1CCCC1)c1ccccc1. The topological polar surface area (TPSA) is 72.6 Å². The van der Waals surface area contributed by atoms with E-state index in [0.29, 0.717) is 30.3 Å². The molecule has 1 amide bonds. The number of nitrogens with zero attached hydrogens (tertiary/aromatic N) is 2. The highest BCUT2D eigenvalue weighted by atomic mass is 16.5. The molecular weight excluding hydrogens is 368 g/mol. The van der Waals surface area contributed by atoms with E-state index < -0.39 is 12.1 Å². The molecule has 0 aliphatic carbocycles. The molecule has 6 heteroatoms. The molecule has 3 aromatic rings. The maximum Gasteiger partial charge on any atom is 0.361 e. The lowest BCUT2D eigenvalue weighted by Crippen LogP contribution is -2.35. The molecule has 1 saturated heterocycles. The first kappa shape index (κ1) is 18.9. The van der Waals surface area contributed by atoms with Gasteiger partial charge in [0.25, 0.3) is 5.91 Å². The number of benzene rings is 2. The van der Waals surface area contributed by atoms with Crippen molar-refractivity contribution in [3.05, 3.63) is 77.7 Å². The Hall–Kier alpha value is -3.41. The molecule has 4 rings (SSSR count). The number of likely N-dealkylation sites (tertiary alicyclic amines) is 1. The zero-order valence-corrected chi connectivity index (χ0v) is 16.2. The summed E-state index contributed by atoms with van der Waals surface area (Å²) >= 11 is 0. The number of oxazole rings is 1. The summed E-state index contributed by atoms with van der Waals surface area (Å²) in [6, 6.07) is 18.4. The zero-order chi connectivity index (χ0) is 20.2. The van der Waals surface area contributed by atoms with Crippen LogP contribution < -0.4 is 0 Å². The minimum absolute atomic E-state index is 0.0824. The Balaban J connectivity index is 1.60. The number of amides is 1. The summed E-state index contributed by atoms with van der Waals surface area (Å²) in [4.78, 5) is 32.0. The highest BCUT2D eigenvalue weighted by Gasteiger charge is 2.32. The van der Waals surface area contributed by atoms with Crippen LogP contribution in [0.5, 0.6) is 0 Å². The van der Waals surface area contributed by atoms with E-state index in [9.17, 15) is 9.59 Å². The molecule has 2 heterocycles. The van der Waals surface area contributed by atoms with E-state index in [4.69, 9.17) is 9.15 Å². The van der Waals surface area contributed by atoms with Crippen LogP contribution in [0.4, 0.5) is 0 Å². The van der Waals surface area contributed by atoms with E-state index in [1.165, 1.54) is 0 Å². The average Bonchev–Trinajstić information content (AvgIpc) is 3.43. The van der Waals surface area contributed by atoms with Crippen molar-refractivity contribution in [1.29, 1.82) is 0 Å². The summed E-state index contributed by atoms with van der Waals surface area (Å²) in [6.45, 7) is 3.03. The van der Waals surface area contributed by atoms with Gasteiger partial charge in [0.15, 0.2) is 5.69 Å². The Morgan fingerprint density at radius 2 is 1.62 bits per heavy atom. The smallest absolute Gasteiger partial charge is 0.361 e. The fraction of sp³-hybridized carbons (Fsp3) is 0.261. The van der Waals surface area contributed by atoms with Gasteiger partial charge >= 0.3 is 5.97 Å². The van der Waals surface area contributed by atoms with Gasteiger partial charge in [-0.2, -0.15) is 0 Å². The lowest BCUT2D eigenvalue weighted by atomic mass is 10.1. The number of hydrogen-bond acceptors (Lipinski definition) is 5. The van der Waals surface area contributed by atoms with Gasteiger partial charge in [-0.05, 0) is 31.9 Å². The van der Waals surface area contributed by atoms with Crippen LogP contribution in [0.1, 0.15) is 40.8 Å². The molecule has 1 aliphatic rings. The van der Waals surface area contributed by atoms with Gasteiger partial charge in [0, 0.05) is 24.2 Å². The Bertz CT molecular complexity index is 992. The van der Waals surface area contributed by atoms with Crippen molar-refractivity contribution in [3.63, 3.8) is 0 Å². The fourth-order valence-corrected chi connectivity index (χ4v) is 3.45. The molecule has 6 nitrogen and oxygen atoms in total. The van der Waals surface area contributed by atoms with Gasteiger partial charge in [0.1, 0.15) is 5.76 Å². The fourth-order valence-electron chi connectivity index (χ4n) is 3.45. The standard InChI is InChI=1S/C23H22N2O4/c1-16-19(24-21(28-16)18-12-6-3-7-13-18)23(27)29-20(17-10-4-2-5-11-17)22(26)25-14-8-9-15-25/h2-7,10-13,20H,8-9,14-15H2,1H3/t20-/m0/s1. The third-order valence-corrected chi connectivity index (χ3v) is 4.98.